The van der Waals surface area contributed by atoms with Crippen molar-refractivity contribution in [2.24, 2.45) is 0 Å². The first-order valence-corrected chi connectivity index (χ1v) is 12.2. The molecule has 0 radical (unpaired) electrons. The Morgan fingerprint density at radius 3 is 2.75 bits per heavy atom. The van der Waals surface area contributed by atoms with E-state index in [1.54, 1.807) is 6.20 Å². The molecule has 0 saturated carbocycles. The maximum absolute atomic E-state index is 12.8. The molecule has 0 unspecified atom stereocenters. The van der Waals surface area contributed by atoms with Crippen molar-refractivity contribution in [3.63, 3.8) is 0 Å². The molecule has 4 heterocycles. The molecule has 0 bridgehead atoms. The molecule has 1 aliphatic rings. The largest absolute Gasteiger partial charge is 0.343 e. The molecule has 1 atom stereocenters. The van der Waals surface area contributed by atoms with Crippen molar-refractivity contribution in [1.82, 2.24) is 45.4 Å². The van der Waals surface area contributed by atoms with Crippen LogP contribution in [0.1, 0.15) is 67.6 Å². The van der Waals surface area contributed by atoms with Gasteiger partial charge in [0.1, 0.15) is 0 Å². The summed E-state index contributed by atoms with van der Waals surface area (Å²) in [5, 5.41) is 23.0. The summed E-state index contributed by atoms with van der Waals surface area (Å²) in [5.41, 5.74) is 6.74. The molecule has 0 fully saturated rings. The summed E-state index contributed by atoms with van der Waals surface area (Å²) in [5.74, 6) is -0.297. The van der Waals surface area contributed by atoms with Crippen molar-refractivity contribution < 1.29 is 4.79 Å². The van der Waals surface area contributed by atoms with E-state index in [1.807, 2.05) is 57.5 Å². The van der Waals surface area contributed by atoms with Crippen LogP contribution in [0.5, 0.6) is 0 Å². The van der Waals surface area contributed by atoms with Crippen molar-refractivity contribution in [3.05, 3.63) is 65.4 Å². The van der Waals surface area contributed by atoms with Crippen LogP contribution in [0.2, 0.25) is 0 Å². The van der Waals surface area contributed by atoms with Gasteiger partial charge in [-0.2, -0.15) is 9.90 Å². The quantitative estimate of drug-likeness (QED) is 0.446. The second kappa shape index (κ2) is 9.27. The van der Waals surface area contributed by atoms with Crippen LogP contribution in [0.15, 0.2) is 42.7 Å². The first-order chi connectivity index (χ1) is 17.2. The maximum Gasteiger partial charge on any atom is 0.293 e. The number of hydrogen-bond acceptors (Lipinski definition) is 7. The molecule has 10 heteroatoms. The summed E-state index contributed by atoms with van der Waals surface area (Å²) in [6.07, 6.45) is 6.92. The summed E-state index contributed by atoms with van der Waals surface area (Å²) in [4.78, 5) is 19.2. The molecule has 3 aromatic heterocycles. The van der Waals surface area contributed by atoms with Gasteiger partial charge in [-0.1, -0.05) is 18.2 Å². The van der Waals surface area contributed by atoms with E-state index >= 15 is 0 Å². The van der Waals surface area contributed by atoms with Gasteiger partial charge >= 0.3 is 0 Å². The van der Waals surface area contributed by atoms with E-state index in [0.29, 0.717) is 0 Å². The number of nitrogens with one attached hydrogen (secondary N) is 2. The minimum atomic E-state index is -0.355. The molecule has 36 heavy (non-hydrogen) atoms. The third-order valence-corrected chi connectivity index (χ3v) is 6.36. The van der Waals surface area contributed by atoms with Crippen LogP contribution in [0, 0.1) is 6.92 Å². The van der Waals surface area contributed by atoms with E-state index in [-0.39, 0.29) is 23.3 Å². The van der Waals surface area contributed by atoms with E-state index in [9.17, 15) is 4.79 Å². The molecule has 5 rings (SSSR count). The average Bonchev–Trinajstić information content (AvgIpc) is 3.54. The Bertz CT molecular complexity index is 1460. The minimum absolute atomic E-state index is 0.0578. The zero-order chi connectivity index (χ0) is 25.4. The summed E-state index contributed by atoms with van der Waals surface area (Å²) in [6, 6.07) is 7.95. The lowest BCUT2D eigenvalue weighted by atomic mass is 9.98. The van der Waals surface area contributed by atoms with Crippen molar-refractivity contribution in [2.75, 3.05) is 13.1 Å². The maximum atomic E-state index is 12.8. The number of hydrogen-bond donors (Lipinski definition) is 2. The van der Waals surface area contributed by atoms with Crippen LogP contribution in [-0.2, 0) is 5.54 Å². The van der Waals surface area contributed by atoms with Crippen LogP contribution < -0.4 is 10.6 Å². The van der Waals surface area contributed by atoms with Crippen molar-refractivity contribution in [2.45, 2.75) is 52.6 Å². The zero-order valence-corrected chi connectivity index (χ0v) is 21.3. The van der Waals surface area contributed by atoms with E-state index < -0.39 is 0 Å². The fourth-order valence-corrected chi connectivity index (χ4v) is 4.39. The predicted octanol–water partition coefficient (Wildman–Crippen LogP) is 3.31. The number of amides is 1. The highest BCUT2D eigenvalue weighted by atomic mass is 16.2. The van der Waals surface area contributed by atoms with Gasteiger partial charge in [-0.3, -0.25) is 4.79 Å². The van der Waals surface area contributed by atoms with Gasteiger partial charge in [-0.25, -0.2) is 9.50 Å². The van der Waals surface area contributed by atoms with Gasteiger partial charge in [0.2, 0.25) is 0 Å². The second-order valence-corrected chi connectivity index (χ2v) is 10.2. The van der Waals surface area contributed by atoms with Crippen molar-refractivity contribution in [3.8, 4) is 11.3 Å². The Morgan fingerprint density at radius 1 is 1.22 bits per heavy atom. The molecular weight excluding hydrogens is 454 g/mol. The molecule has 1 amide bonds. The number of aromatic nitrogens is 7. The summed E-state index contributed by atoms with van der Waals surface area (Å²) < 4.78 is 1.89. The smallest absolute Gasteiger partial charge is 0.293 e. The van der Waals surface area contributed by atoms with Crippen molar-refractivity contribution in [1.29, 1.82) is 0 Å². The lowest BCUT2D eigenvalue weighted by molar-refractivity contribution is 0.0928. The Hall–Kier alpha value is -3.92. The Labute approximate surface area is 209 Å². The molecule has 1 aliphatic heterocycles. The third kappa shape index (κ3) is 4.64. The molecule has 10 nitrogen and oxygen atoms in total. The first-order valence-electron chi connectivity index (χ1n) is 12.2. The highest BCUT2D eigenvalue weighted by Gasteiger charge is 2.22. The number of carbonyl (C=O) groups is 1. The molecule has 0 saturated heterocycles. The van der Waals surface area contributed by atoms with E-state index in [1.165, 1.54) is 10.4 Å². The summed E-state index contributed by atoms with van der Waals surface area (Å²) in [7, 11) is 0. The highest BCUT2D eigenvalue weighted by molar-refractivity contribution is 5.90. The van der Waals surface area contributed by atoms with Gasteiger partial charge in [0.25, 0.3) is 11.7 Å². The fraction of sp³-hybridized carbons (Fsp3) is 0.385. The van der Waals surface area contributed by atoms with Gasteiger partial charge in [0, 0.05) is 12.1 Å². The van der Waals surface area contributed by atoms with Crippen LogP contribution >= 0.6 is 0 Å². The number of aryl methyl sites for hydroxylation is 1. The number of rotatable bonds is 5. The zero-order valence-electron chi connectivity index (χ0n) is 21.3. The standard InChI is InChI=1S/C26H31N9O/c1-16-14-19(23-22-10-13-28-34(22)15-21(30-23)18-8-11-27-12-9-18)6-7-20(16)17(2)29-25(36)24-31-33-35(32-24)26(3,4)5/h6-8,10,13-15,17,27H,9,11-12H2,1-5H3,(H,29,36)/t17-/m1/s1. The van der Waals surface area contributed by atoms with Gasteiger partial charge in [-0.15, -0.1) is 10.2 Å². The normalized spacial score (nSPS) is 15.1. The number of tetrazole rings is 1. The molecule has 0 aliphatic carbocycles. The van der Waals surface area contributed by atoms with Crippen LogP contribution in [0.25, 0.3) is 22.3 Å². The SMILES string of the molecule is Cc1cc(-c2nc(C3=CCNCC3)cn3nccc23)ccc1[C@@H](C)NC(=O)c1nnn(C(C)(C)C)n1. The number of carbonyl (C=O) groups excluding carboxylic acids is 1. The first kappa shape index (κ1) is 23.8. The predicted molar refractivity (Wildman–Crippen MR) is 137 cm³/mol. The Balaban J connectivity index is 1.41. The molecule has 186 valence electrons. The minimum Gasteiger partial charge on any atom is -0.343 e. The lowest BCUT2D eigenvalue weighted by Crippen LogP contribution is -2.29. The molecular formula is C26H31N9O. The van der Waals surface area contributed by atoms with E-state index in [2.05, 4.69) is 49.4 Å². The highest BCUT2D eigenvalue weighted by Crippen LogP contribution is 2.29. The van der Waals surface area contributed by atoms with Crippen LogP contribution in [-0.4, -0.2) is 53.8 Å². The van der Waals surface area contributed by atoms with Gasteiger partial charge < -0.3 is 10.6 Å². The van der Waals surface area contributed by atoms with Crippen LogP contribution in [0.3, 0.4) is 0 Å². The average molecular weight is 486 g/mol. The summed E-state index contributed by atoms with van der Waals surface area (Å²) >= 11 is 0. The van der Waals surface area contributed by atoms with Gasteiger partial charge in [0.05, 0.1) is 40.9 Å². The molecule has 4 aromatic rings. The molecule has 1 aromatic carbocycles. The molecule has 2 N–H and O–H groups in total. The van der Waals surface area contributed by atoms with Crippen LogP contribution in [0.4, 0.5) is 0 Å². The molecule has 0 spiro atoms. The third-order valence-electron chi connectivity index (χ3n) is 6.36. The fourth-order valence-electron chi connectivity index (χ4n) is 4.39. The van der Waals surface area contributed by atoms with Gasteiger partial charge in [0.15, 0.2) is 0 Å². The topological polar surface area (TPSA) is 115 Å². The lowest BCUT2D eigenvalue weighted by Gasteiger charge is -2.18. The number of fused-ring (bicyclic) bond motifs is 1. The second-order valence-electron chi connectivity index (χ2n) is 10.2. The number of benzene rings is 1. The van der Waals surface area contributed by atoms with Crippen molar-refractivity contribution >= 4 is 17.0 Å². The van der Waals surface area contributed by atoms with E-state index in [0.717, 1.165) is 53.1 Å². The van der Waals surface area contributed by atoms with Gasteiger partial charge in [-0.05, 0) is 81.6 Å². The Kier molecular flexibility index (Phi) is 6.13. The van der Waals surface area contributed by atoms with E-state index in [4.69, 9.17) is 4.98 Å². The number of nitrogens with zero attached hydrogens (tertiary/aromatic N) is 7. The Morgan fingerprint density at radius 2 is 2.06 bits per heavy atom. The monoisotopic (exact) mass is 485 g/mol. The summed E-state index contributed by atoms with van der Waals surface area (Å²) in [6.45, 7) is 11.6.